The SMILES string of the molecule is CCN(Cc1cccc(O)c1)CC1CCN(CCc2ccccc2C)CC1. The first-order valence-electron chi connectivity index (χ1n) is 10.4. The van der Waals surface area contributed by atoms with Crippen molar-refractivity contribution in [2.75, 3.05) is 32.7 Å². The number of piperidine rings is 1. The second-order valence-electron chi connectivity index (χ2n) is 7.96. The third-order valence-corrected chi connectivity index (χ3v) is 5.95. The molecule has 1 saturated heterocycles. The summed E-state index contributed by atoms with van der Waals surface area (Å²) in [5.41, 5.74) is 4.10. The van der Waals surface area contributed by atoms with Gasteiger partial charge in [0.15, 0.2) is 0 Å². The topological polar surface area (TPSA) is 26.7 Å². The minimum absolute atomic E-state index is 0.366. The van der Waals surface area contributed by atoms with E-state index in [4.69, 9.17) is 0 Å². The first kappa shape index (κ1) is 19.9. The summed E-state index contributed by atoms with van der Waals surface area (Å²) in [6.45, 7) is 11.2. The third kappa shape index (κ3) is 6.08. The van der Waals surface area contributed by atoms with E-state index in [-0.39, 0.29) is 0 Å². The van der Waals surface area contributed by atoms with Gasteiger partial charge in [-0.1, -0.05) is 43.3 Å². The second-order valence-corrected chi connectivity index (χ2v) is 7.96. The van der Waals surface area contributed by atoms with Crippen LogP contribution in [0.25, 0.3) is 0 Å². The van der Waals surface area contributed by atoms with Gasteiger partial charge in [0.05, 0.1) is 0 Å². The number of hydrogen-bond acceptors (Lipinski definition) is 3. The van der Waals surface area contributed by atoms with Gasteiger partial charge in [0.1, 0.15) is 5.75 Å². The number of nitrogens with zero attached hydrogens (tertiary/aromatic N) is 2. The predicted molar refractivity (Wildman–Crippen MR) is 113 cm³/mol. The molecule has 0 spiro atoms. The monoisotopic (exact) mass is 366 g/mol. The van der Waals surface area contributed by atoms with Gasteiger partial charge in [-0.3, -0.25) is 4.90 Å². The molecule has 3 rings (SSSR count). The molecule has 1 fully saturated rings. The van der Waals surface area contributed by atoms with Crippen LogP contribution in [-0.4, -0.2) is 47.6 Å². The molecule has 146 valence electrons. The van der Waals surface area contributed by atoms with E-state index in [0.717, 1.165) is 32.0 Å². The number of phenolic OH excluding ortho intramolecular Hbond substituents is 1. The molecule has 3 nitrogen and oxygen atoms in total. The average Bonchev–Trinajstić information content (AvgIpc) is 2.68. The molecule has 0 aliphatic carbocycles. The molecule has 2 aromatic carbocycles. The van der Waals surface area contributed by atoms with Crippen molar-refractivity contribution in [1.29, 1.82) is 0 Å². The smallest absolute Gasteiger partial charge is 0.115 e. The number of aryl methyl sites for hydroxylation is 1. The van der Waals surface area contributed by atoms with Gasteiger partial charge in [-0.2, -0.15) is 0 Å². The van der Waals surface area contributed by atoms with Crippen LogP contribution in [0.3, 0.4) is 0 Å². The maximum atomic E-state index is 9.68. The van der Waals surface area contributed by atoms with Gasteiger partial charge in [-0.05, 0) is 80.6 Å². The maximum Gasteiger partial charge on any atom is 0.115 e. The van der Waals surface area contributed by atoms with Gasteiger partial charge < -0.3 is 10.0 Å². The molecule has 0 aromatic heterocycles. The molecule has 0 bridgehead atoms. The maximum absolute atomic E-state index is 9.68. The Morgan fingerprint density at radius 2 is 1.85 bits per heavy atom. The highest BCUT2D eigenvalue weighted by atomic mass is 16.3. The number of likely N-dealkylation sites (tertiary alicyclic amines) is 1. The number of phenols is 1. The lowest BCUT2D eigenvalue weighted by molar-refractivity contribution is 0.143. The van der Waals surface area contributed by atoms with Crippen LogP contribution in [0.1, 0.15) is 36.5 Å². The molecule has 1 aliphatic heterocycles. The number of benzene rings is 2. The van der Waals surface area contributed by atoms with Crippen LogP contribution < -0.4 is 0 Å². The third-order valence-electron chi connectivity index (χ3n) is 5.95. The Hall–Kier alpha value is -1.84. The van der Waals surface area contributed by atoms with Gasteiger partial charge in [-0.25, -0.2) is 0 Å². The molecule has 0 unspecified atom stereocenters. The molecule has 0 atom stereocenters. The van der Waals surface area contributed by atoms with Crippen molar-refractivity contribution in [3.63, 3.8) is 0 Å². The lowest BCUT2D eigenvalue weighted by Gasteiger charge is -2.34. The summed E-state index contributed by atoms with van der Waals surface area (Å²) >= 11 is 0. The van der Waals surface area contributed by atoms with Crippen molar-refractivity contribution in [3.05, 3.63) is 65.2 Å². The summed E-state index contributed by atoms with van der Waals surface area (Å²) in [5, 5.41) is 9.68. The van der Waals surface area contributed by atoms with Crippen LogP contribution in [0.15, 0.2) is 48.5 Å². The molecule has 0 radical (unpaired) electrons. The fourth-order valence-corrected chi connectivity index (χ4v) is 4.15. The van der Waals surface area contributed by atoms with E-state index in [1.165, 1.54) is 49.2 Å². The number of aromatic hydroxyl groups is 1. The first-order valence-corrected chi connectivity index (χ1v) is 10.4. The zero-order valence-corrected chi connectivity index (χ0v) is 16.9. The Balaban J connectivity index is 1.42. The van der Waals surface area contributed by atoms with E-state index in [1.54, 1.807) is 6.07 Å². The van der Waals surface area contributed by atoms with Crippen LogP contribution >= 0.6 is 0 Å². The standard InChI is InChI=1S/C24H34N2O/c1-3-25(19-22-8-6-10-24(27)17-22)18-21-11-14-26(15-12-21)16-13-23-9-5-4-7-20(23)2/h4-10,17,21,27H,3,11-16,18-19H2,1-2H3. The van der Waals surface area contributed by atoms with Crippen molar-refractivity contribution < 1.29 is 5.11 Å². The largest absolute Gasteiger partial charge is 0.508 e. The molecular formula is C24H34N2O. The Bertz CT molecular complexity index is 707. The summed E-state index contributed by atoms with van der Waals surface area (Å²) < 4.78 is 0. The van der Waals surface area contributed by atoms with Gasteiger partial charge in [0.25, 0.3) is 0 Å². The normalized spacial score (nSPS) is 16.1. The van der Waals surface area contributed by atoms with Crippen LogP contribution in [0.4, 0.5) is 0 Å². The molecule has 2 aromatic rings. The van der Waals surface area contributed by atoms with Crippen LogP contribution in [0, 0.1) is 12.8 Å². The lowest BCUT2D eigenvalue weighted by atomic mass is 9.95. The lowest BCUT2D eigenvalue weighted by Crippen LogP contribution is -2.39. The quantitative estimate of drug-likeness (QED) is 0.746. The van der Waals surface area contributed by atoms with Gasteiger partial charge in [0.2, 0.25) is 0 Å². The molecule has 1 heterocycles. The van der Waals surface area contributed by atoms with E-state index in [9.17, 15) is 5.11 Å². The Morgan fingerprint density at radius 3 is 2.56 bits per heavy atom. The summed E-state index contributed by atoms with van der Waals surface area (Å²) in [6, 6.07) is 16.4. The summed E-state index contributed by atoms with van der Waals surface area (Å²) in [6.07, 6.45) is 3.75. The van der Waals surface area contributed by atoms with Crippen LogP contribution in [0.5, 0.6) is 5.75 Å². The van der Waals surface area contributed by atoms with E-state index < -0.39 is 0 Å². The molecular weight excluding hydrogens is 332 g/mol. The minimum atomic E-state index is 0.366. The van der Waals surface area contributed by atoms with Crippen LogP contribution in [-0.2, 0) is 13.0 Å². The fourth-order valence-electron chi connectivity index (χ4n) is 4.15. The van der Waals surface area contributed by atoms with Gasteiger partial charge in [-0.15, -0.1) is 0 Å². The Kier molecular flexibility index (Phi) is 7.31. The highest BCUT2D eigenvalue weighted by Gasteiger charge is 2.21. The van der Waals surface area contributed by atoms with Crippen molar-refractivity contribution in [2.45, 2.75) is 39.7 Å². The van der Waals surface area contributed by atoms with Gasteiger partial charge >= 0.3 is 0 Å². The van der Waals surface area contributed by atoms with Crippen molar-refractivity contribution >= 4 is 0 Å². The highest BCUT2D eigenvalue weighted by Crippen LogP contribution is 2.21. The summed E-state index contributed by atoms with van der Waals surface area (Å²) in [5.74, 6) is 1.16. The first-order chi connectivity index (χ1) is 13.1. The zero-order valence-electron chi connectivity index (χ0n) is 16.9. The van der Waals surface area contributed by atoms with E-state index in [1.807, 2.05) is 12.1 Å². The van der Waals surface area contributed by atoms with E-state index in [0.29, 0.717) is 5.75 Å². The molecule has 1 N–H and O–H groups in total. The van der Waals surface area contributed by atoms with E-state index >= 15 is 0 Å². The highest BCUT2D eigenvalue weighted by molar-refractivity contribution is 5.27. The zero-order chi connectivity index (χ0) is 19.1. The molecule has 0 amide bonds. The van der Waals surface area contributed by atoms with Crippen LogP contribution in [0.2, 0.25) is 0 Å². The molecule has 3 heteroatoms. The number of rotatable bonds is 8. The minimum Gasteiger partial charge on any atom is -0.508 e. The van der Waals surface area contributed by atoms with Crippen molar-refractivity contribution in [2.24, 2.45) is 5.92 Å². The van der Waals surface area contributed by atoms with Gasteiger partial charge in [0, 0.05) is 19.6 Å². The molecule has 1 aliphatic rings. The Morgan fingerprint density at radius 1 is 1.07 bits per heavy atom. The second kappa shape index (κ2) is 9.91. The Labute approximate surface area is 164 Å². The average molecular weight is 367 g/mol. The molecule has 0 saturated carbocycles. The van der Waals surface area contributed by atoms with E-state index in [2.05, 4.69) is 54.0 Å². The summed E-state index contributed by atoms with van der Waals surface area (Å²) in [4.78, 5) is 5.15. The number of hydrogen-bond donors (Lipinski definition) is 1. The van der Waals surface area contributed by atoms with Crippen molar-refractivity contribution in [3.8, 4) is 5.75 Å². The predicted octanol–water partition coefficient (Wildman–Crippen LogP) is 4.48. The summed E-state index contributed by atoms with van der Waals surface area (Å²) in [7, 11) is 0. The fraction of sp³-hybridized carbons (Fsp3) is 0.500. The van der Waals surface area contributed by atoms with Crippen molar-refractivity contribution in [1.82, 2.24) is 9.80 Å². The molecule has 27 heavy (non-hydrogen) atoms.